The number of aromatic nitrogens is 2. The van der Waals surface area contributed by atoms with Crippen LogP contribution in [-0.4, -0.2) is 15.5 Å². The van der Waals surface area contributed by atoms with Gasteiger partial charge in [0.05, 0.1) is 5.56 Å². The molecule has 1 aliphatic heterocycles. The van der Waals surface area contributed by atoms with Gasteiger partial charge in [0, 0.05) is 36.2 Å². The van der Waals surface area contributed by atoms with E-state index in [-0.39, 0.29) is 29.3 Å². The number of rotatable bonds is 4. The molecule has 4 rings (SSSR count). The topological polar surface area (TPSA) is 64.0 Å². The van der Waals surface area contributed by atoms with Crippen LogP contribution in [0.2, 0.25) is 5.02 Å². The van der Waals surface area contributed by atoms with Crippen LogP contribution in [0, 0.1) is 11.6 Å². The molecule has 0 unspecified atom stereocenters. The zero-order chi connectivity index (χ0) is 21.4. The highest BCUT2D eigenvalue weighted by Crippen LogP contribution is 2.37. The maximum absolute atomic E-state index is 14.4. The van der Waals surface area contributed by atoms with Gasteiger partial charge in [-0.15, -0.1) is 0 Å². The zero-order valence-corrected chi connectivity index (χ0v) is 17.4. The van der Waals surface area contributed by atoms with Crippen LogP contribution in [0.1, 0.15) is 29.0 Å². The van der Waals surface area contributed by atoms with Gasteiger partial charge in [-0.05, 0) is 29.3 Å². The van der Waals surface area contributed by atoms with Crippen molar-refractivity contribution in [3.8, 4) is 0 Å². The monoisotopic (exact) mass is 447 g/mol. The van der Waals surface area contributed by atoms with Crippen LogP contribution in [-0.2, 0) is 17.6 Å². The van der Waals surface area contributed by atoms with Crippen LogP contribution in [0.3, 0.4) is 0 Å². The van der Waals surface area contributed by atoms with Gasteiger partial charge in [0.2, 0.25) is 5.91 Å². The molecule has 0 radical (unpaired) electrons. The third-order valence-corrected chi connectivity index (χ3v) is 6.23. The van der Waals surface area contributed by atoms with Crippen molar-refractivity contribution in [2.45, 2.75) is 23.2 Å². The van der Waals surface area contributed by atoms with Crippen molar-refractivity contribution < 1.29 is 13.6 Å². The summed E-state index contributed by atoms with van der Waals surface area (Å²) in [6.07, 6.45) is -0.124. The number of carbonyl (C=O) groups is 1. The van der Waals surface area contributed by atoms with Gasteiger partial charge in [0.1, 0.15) is 17.5 Å². The maximum Gasteiger partial charge on any atom is 0.279 e. The molecule has 0 bridgehead atoms. The van der Waals surface area contributed by atoms with Gasteiger partial charge in [-0.2, -0.15) is 4.98 Å². The van der Waals surface area contributed by atoms with Crippen molar-refractivity contribution in [2.24, 2.45) is 7.05 Å². The first-order valence-electron chi connectivity index (χ1n) is 9.06. The predicted molar refractivity (Wildman–Crippen MR) is 112 cm³/mol. The number of fused-ring (bicyclic) bond motifs is 1. The molecule has 0 saturated carbocycles. The molecule has 1 atom stereocenters. The third kappa shape index (κ3) is 3.97. The van der Waals surface area contributed by atoms with Crippen molar-refractivity contribution in [1.82, 2.24) is 9.55 Å². The Kier molecular flexibility index (Phi) is 5.62. The fourth-order valence-electron chi connectivity index (χ4n) is 3.49. The molecule has 2 heterocycles. The Morgan fingerprint density at radius 2 is 2.03 bits per heavy atom. The van der Waals surface area contributed by atoms with Crippen LogP contribution in [0.4, 0.5) is 14.6 Å². The SMILES string of the molecule is Cn1c(SCc2cccc(Cl)c2)nc(=O)c2c1NC(=O)C[C@H]2c1ccc(F)cc1F. The zero-order valence-electron chi connectivity index (χ0n) is 15.8. The summed E-state index contributed by atoms with van der Waals surface area (Å²) in [5.41, 5.74) is 0.681. The van der Waals surface area contributed by atoms with E-state index < -0.39 is 23.1 Å². The van der Waals surface area contributed by atoms with Gasteiger partial charge in [0.15, 0.2) is 5.16 Å². The average Bonchev–Trinajstić information content (AvgIpc) is 2.69. The number of thioether (sulfide) groups is 1. The highest BCUT2D eigenvalue weighted by molar-refractivity contribution is 7.98. The second kappa shape index (κ2) is 8.20. The minimum Gasteiger partial charge on any atom is -0.312 e. The highest BCUT2D eigenvalue weighted by atomic mass is 35.5. The molecule has 1 N–H and O–H groups in total. The van der Waals surface area contributed by atoms with E-state index in [0.29, 0.717) is 15.9 Å². The van der Waals surface area contributed by atoms with E-state index in [9.17, 15) is 18.4 Å². The normalized spacial score (nSPS) is 15.6. The molecule has 0 fully saturated rings. The van der Waals surface area contributed by atoms with E-state index in [2.05, 4.69) is 10.3 Å². The average molecular weight is 448 g/mol. The number of nitrogens with one attached hydrogen (secondary N) is 1. The first-order valence-corrected chi connectivity index (χ1v) is 10.4. The second-order valence-corrected chi connectivity index (χ2v) is 8.29. The molecule has 9 heteroatoms. The number of amides is 1. The van der Waals surface area contributed by atoms with E-state index in [1.54, 1.807) is 17.7 Å². The molecule has 154 valence electrons. The lowest BCUT2D eigenvalue weighted by Crippen LogP contribution is -2.33. The summed E-state index contributed by atoms with van der Waals surface area (Å²) in [4.78, 5) is 29.3. The Morgan fingerprint density at radius 1 is 1.23 bits per heavy atom. The van der Waals surface area contributed by atoms with Gasteiger partial charge >= 0.3 is 0 Å². The van der Waals surface area contributed by atoms with Crippen LogP contribution >= 0.6 is 23.4 Å². The summed E-state index contributed by atoms with van der Waals surface area (Å²) in [6, 6.07) is 10.4. The molecule has 2 aromatic carbocycles. The molecule has 1 amide bonds. The number of halogens is 3. The van der Waals surface area contributed by atoms with E-state index in [1.165, 1.54) is 17.8 Å². The van der Waals surface area contributed by atoms with E-state index in [1.807, 2.05) is 18.2 Å². The number of hydrogen-bond donors (Lipinski definition) is 1. The molecule has 0 aliphatic carbocycles. The quantitative estimate of drug-likeness (QED) is 0.473. The lowest BCUT2D eigenvalue weighted by atomic mass is 9.86. The molecule has 30 heavy (non-hydrogen) atoms. The highest BCUT2D eigenvalue weighted by Gasteiger charge is 2.33. The first-order chi connectivity index (χ1) is 14.3. The Hall–Kier alpha value is -2.71. The lowest BCUT2D eigenvalue weighted by Gasteiger charge is -2.27. The Labute approximate surface area is 180 Å². The fraction of sp³-hybridized carbons (Fsp3) is 0.190. The standard InChI is InChI=1S/C21H16ClF2N3O2S/c1-27-19-18(15(9-17(28)25-19)14-6-5-13(23)8-16(14)24)20(29)26-21(27)30-10-11-3-2-4-12(22)7-11/h2-8,15H,9-10H2,1H3,(H,25,28)/t15-/m0/s1. The molecule has 3 aromatic rings. The molecule has 0 saturated heterocycles. The fourth-order valence-corrected chi connectivity index (χ4v) is 4.61. The number of hydrogen-bond acceptors (Lipinski definition) is 4. The molecular formula is C21H16ClF2N3O2S. The predicted octanol–water partition coefficient (Wildman–Crippen LogP) is 4.48. The summed E-state index contributed by atoms with van der Waals surface area (Å²) in [5.74, 6) is -1.94. The number of benzene rings is 2. The van der Waals surface area contributed by atoms with Crippen molar-refractivity contribution in [3.05, 3.63) is 86.2 Å². The molecule has 0 spiro atoms. The summed E-state index contributed by atoms with van der Waals surface area (Å²) < 4.78 is 29.3. The van der Waals surface area contributed by atoms with Crippen LogP contribution in [0.15, 0.2) is 52.4 Å². The van der Waals surface area contributed by atoms with E-state index in [0.717, 1.165) is 17.7 Å². The Morgan fingerprint density at radius 3 is 2.77 bits per heavy atom. The number of nitrogens with zero attached hydrogens (tertiary/aromatic N) is 2. The minimum absolute atomic E-state index is 0.0886. The van der Waals surface area contributed by atoms with E-state index >= 15 is 0 Å². The van der Waals surface area contributed by atoms with Crippen molar-refractivity contribution in [2.75, 3.05) is 5.32 Å². The van der Waals surface area contributed by atoms with Gasteiger partial charge in [-0.1, -0.05) is 41.6 Å². The Bertz CT molecular complexity index is 1220. The first kappa shape index (κ1) is 20.6. The number of carbonyl (C=O) groups excluding carboxylic acids is 1. The lowest BCUT2D eigenvalue weighted by molar-refractivity contribution is -0.116. The smallest absolute Gasteiger partial charge is 0.279 e. The molecule has 1 aliphatic rings. The van der Waals surface area contributed by atoms with Crippen LogP contribution < -0.4 is 10.9 Å². The van der Waals surface area contributed by atoms with E-state index in [4.69, 9.17) is 11.6 Å². The van der Waals surface area contributed by atoms with Gasteiger partial charge < -0.3 is 9.88 Å². The van der Waals surface area contributed by atoms with Gasteiger partial charge in [0.25, 0.3) is 5.56 Å². The maximum atomic E-state index is 14.4. The van der Waals surface area contributed by atoms with Gasteiger partial charge in [-0.25, -0.2) is 8.78 Å². The summed E-state index contributed by atoms with van der Waals surface area (Å²) >= 11 is 7.33. The second-order valence-electron chi connectivity index (χ2n) is 6.91. The molecule has 5 nitrogen and oxygen atoms in total. The van der Waals surface area contributed by atoms with Crippen LogP contribution in [0.5, 0.6) is 0 Å². The van der Waals surface area contributed by atoms with Crippen molar-refractivity contribution in [3.63, 3.8) is 0 Å². The van der Waals surface area contributed by atoms with Crippen molar-refractivity contribution >= 4 is 35.1 Å². The summed E-state index contributed by atoms with van der Waals surface area (Å²) in [5, 5.41) is 3.71. The Balaban J connectivity index is 1.74. The van der Waals surface area contributed by atoms with Gasteiger partial charge in [-0.3, -0.25) is 9.59 Å². The summed E-state index contributed by atoms with van der Waals surface area (Å²) in [7, 11) is 1.68. The largest absolute Gasteiger partial charge is 0.312 e. The van der Waals surface area contributed by atoms with Crippen molar-refractivity contribution in [1.29, 1.82) is 0 Å². The summed E-state index contributed by atoms with van der Waals surface area (Å²) in [6.45, 7) is 0. The molecule has 1 aromatic heterocycles. The number of anilines is 1. The molecular weight excluding hydrogens is 432 g/mol. The minimum atomic E-state index is -0.840. The van der Waals surface area contributed by atoms with Crippen LogP contribution in [0.25, 0.3) is 0 Å². The third-order valence-electron chi connectivity index (χ3n) is 4.90.